The van der Waals surface area contributed by atoms with Crippen molar-refractivity contribution >= 4 is 16.9 Å². The van der Waals surface area contributed by atoms with Crippen molar-refractivity contribution in [2.45, 2.75) is 32.8 Å². The molecule has 0 fully saturated rings. The molecule has 0 saturated heterocycles. The van der Waals surface area contributed by atoms with Gasteiger partial charge in [0.25, 0.3) is 5.91 Å². The molecule has 6 nitrogen and oxygen atoms in total. The van der Waals surface area contributed by atoms with E-state index in [0.29, 0.717) is 30.6 Å². The number of aliphatic hydroxyl groups excluding tert-OH is 1. The van der Waals surface area contributed by atoms with E-state index in [9.17, 15) is 9.90 Å². The molecule has 0 saturated carbocycles. The normalized spacial score (nSPS) is 12.6. The molecule has 0 radical (unpaired) electrons. The van der Waals surface area contributed by atoms with E-state index in [1.165, 1.54) is 0 Å². The van der Waals surface area contributed by atoms with Crippen LogP contribution >= 0.6 is 0 Å². The molecule has 2 aromatic rings. The summed E-state index contributed by atoms with van der Waals surface area (Å²) in [6, 6.07) is 1.76. The quantitative estimate of drug-likeness (QED) is 0.859. The predicted molar refractivity (Wildman–Crippen MR) is 76.5 cm³/mol. The van der Waals surface area contributed by atoms with Gasteiger partial charge in [-0.25, -0.2) is 4.98 Å². The van der Waals surface area contributed by atoms with Gasteiger partial charge in [-0.15, -0.1) is 0 Å². The first-order chi connectivity index (χ1) is 9.52. The molecular weight excluding hydrogens is 256 g/mol. The Hall–Kier alpha value is -1.95. The number of hydrogen-bond acceptors (Lipinski definition) is 4. The summed E-state index contributed by atoms with van der Waals surface area (Å²) < 4.78 is 1.65. The van der Waals surface area contributed by atoms with Gasteiger partial charge in [0.1, 0.15) is 0 Å². The summed E-state index contributed by atoms with van der Waals surface area (Å²) >= 11 is 0. The van der Waals surface area contributed by atoms with E-state index in [1.807, 2.05) is 13.8 Å². The van der Waals surface area contributed by atoms with Crippen LogP contribution in [-0.2, 0) is 7.05 Å². The molecule has 2 N–H and O–H groups in total. The summed E-state index contributed by atoms with van der Waals surface area (Å²) in [6.45, 7) is 4.22. The second-order valence-electron chi connectivity index (χ2n) is 4.92. The van der Waals surface area contributed by atoms with E-state index in [2.05, 4.69) is 15.4 Å². The first-order valence-electron chi connectivity index (χ1n) is 6.78. The molecule has 1 unspecified atom stereocenters. The van der Waals surface area contributed by atoms with E-state index in [1.54, 1.807) is 24.0 Å². The molecule has 0 aliphatic carbocycles. The number of aryl methyl sites for hydroxylation is 2. The summed E-state index contributed by atoms with van der Waals surface area (Å²) in [7, 11) is 1.80. The number of carbonyl (C=O) groups excluding carboxylic acids is 1. The van der Waals surface area contributed by atoms with Gasteiger partial charge in [0, 0.05) is 19.3 Å². The van der Waals surface area contributed by atoms with Crippen LogP contribution < -0.4 is 5.32 Å². The zero-order chi connectivity index (χ0) is 14.7. The van der Waals surface area contributed by atoms with Crippen molar-refractivity contribution < 1.29 is 9.90 Å². The topological polar surface area (TPSA) is 80.0 Å². The van der Waals surface area contributed by atoms with Crippen LogP contribution in [0.15, 0.2) is 12.3 Å². The van der Waals surface area contributed by atoms with Gasteiger partial charge in [-0.05, 0) is 25.8 Å². The monoisotopic (exact) mass is 276 g/mol. The number of nitrogens with zero attached hydrogens (tertiary/aromatic N) is 3. The van der Waals surface area contributed by atoms with Gasteiger partial charge in [-0.1, -0.05) is 6.92 Å². The molecule has 1 amide bonds. The molecule has 0 bridgehead atoms. The molecule has 0 spiro atoms. The van der Waals surface area contributed by atoms with Crippen LogP contribution in [0.3, 0.4) is 0 Å². The Bertz CT molecular complexity index is 621. The second-order valence-corrected chi connectivity index (χ2v) is 4.92. The zero-order valence-corrected chi connectivity index (χ0v) is 12.1. The molecular formula is C14H20N4O2. The third-order valence-corrected chi connectivity index (χ3v) is 3.31. The fourth-order valence-electron chi connectivity index (χ4n) is 2.08. The van der Waals surface area contributed by atoms with Crippen LogP contribution in [0.5, 0.6) is 0 Å². The number of fused-ring (bicyclic) bond motifs is 1. The van der Waals surface area contributed by atoms with E-state index in [4.69, 9.17) is 0 Å². The largest absolute Gasteiger partial charge is 0.393 e. The van der Waals surface area contributed by atoms with Gasteiger partial charge in [-0.2, -0.15) is 5.10 Å². The van der Waals surface area contributed by atoms with Crippen molar-refractivity contribution in [1.82, 2.24) is 20.1 Å². The van der Waals surface area contributed by atoms with Crippen molar-refractivity contribution in [3.05, 3.63) is 23.5 Å². The molecule has 2 rings (SSSR count). The van der Waals surface area contributed by atoms with Crippen LogP contribution in [0.2, 0.25) is 0 Å². The Morgan fingerprint density at radius 1 is 1.55 bits per heavy atom. The summed E-state index contributed by atoms with van der Waals surface area (Å²) in [5.41, 5.74) is 2.05. The molecule has 20 heavy (non-hydrogen) atoms. The lowest BCUT2D eigenvalue weighted by atomic mass is 10.1. The van der Waals surface area contributed by atoms with Crippen molar-refractivity contribution in [3.63, 3.8) is 0 Å². The smallest absolute Gasteiger partial charge is 0.252 e. The van der Waals surface area contributed by atoms with Crippen LogP contribution in [0.4, 0.5) is 0 Å². The average molecular weight is 276 g/mol. The van der Waals surface area contributed by atoms with Crippen LogP contribution in [0.1, 0.15) is 35.8 Å². The lowest BCUT2D eigenvalue weighted by Gasteiger charge is -2.09. The van der Waals surface area contributed by atoms with Gasteiger partial charge in [-0.3, -0.25) is 9.48 Å². The lowest BCUT2D eigenvalue weighted by Crippen LogP contribution is -2.27. The van der Waals surface area contributed by atoms with E-state index in [-0.39, 0.29) is 12.0 Å². The number of aromatic nitrogens is 3. The molecule has 1 atom stereocenters. The first kappa shape index (κ1) is 14.5. The van der Waals surface area contributed by atoms with Gasteiger partial charge >= 0.3 is 0 Å². The SMILES string of the molecule is CCC(O)CCNC(=O)c1cc(C)nc2c1cnn2C. The van der Waals surface area contributed by atoms with Crippen molar-refractivity contribution in [2.24, 2.45) is 7.05 Å². The van der Waals surface area contributed by atoms with Crippen molar-refractivity contribution in [2.75, 3.05) is 6.54 Å². The Kier molecular flexibility index (Phi) is 4.34. The maximum absolute atomic E-state index is 12.2. The van der Waals surface area contributed by atoms with Crippen LogP contribution in [0.25, 0.3) is 11.0 Å². The highest BCUT2D eigenvalue weighted by Crippen LogP contribution is 2.17. The Morgan fingerprint density at radius 3 is 3.00 bits per heavy atom. The molecule has 2 aromatic heterocycles. The number of carbonyl (C=O) groups is 1. The number of amides is 1. The molecule has 108 valence electrons. The predicted octanol–water partition coefficient (Wildman–Crippen LogP) is 1.17. The Balaban J connectivity index is 2.17. The third-order valence-electron chi connectivity index (χ3n) is 3.31. The summed E-state index contributed by atoms with van der Waals surface area (Å²) in [4.78, 5) is 16.6. The van der Waals surface area contributed by atoms with Crippen LogP contribution in [-0.4, -0.2) is 38.4 Å². The molecule has 0 aliphatic rings. The average Bonchev–Trinajstić information content (AvgIpc) is 2.79. The number of aliphatic hydroxyl groups is 1. The maximum atomic E-state index is 12.2. The molecule has 0 aliphatic heterocycles. The zero-order valence-electron chi connectivity index (χ0n) is 12.1. The van der Waals surface area contributed by atoms with E-state index >= 15 is 0 Å². The Morgan fingerprint density at radius 2 is 2.30 bits per heavy atom. The highest BCUT2D eigenvalue weighted by molar-refractivity contribution is 6.05. The molecule has 6 heteroatoms. The van der Waals surface area contributed by atoms with Gasteiger partial charge in [0.15, 0.2) is 5.65 Å². The summed E-state index contributed by atoms with van der Waals surface area (Å²) in [5.74, 6) is -0.156. The minimum Gasteiger partial charge on any atom is -0.393 e. The van der Waals surface area contributed by atoms with E-state index in [0.717, 1.165) is 11.1 Å². The highest BCUT2D eigenvalue weighted by Gasteiger charge is 2.14. The Labute approximate surface area is 117 Å². The number of hydrogen-bond donors (Lipinski definition) is 2. The molecule has 0 aromatic carbocycles. The summed E-state index contributed by atoms with van der Waals surface area (Å²) in [6.07, 6.45) is 2.53. The number of nitrogens with one attached hydrogen (secondary N) is 1. The molecule has 2 heterocycles. The lowest BCUT2D eigenvalue weighted by molar-refractivity contribution is 0.0943. The minimum atomic E-state index is -0.368. The van der Waals surface area contributed by atoms with Gasteiger partial charge in [0.05, 0.1) is 23.3 Å². The maximum Gasteiger partial charge on any atom is 0.252 e. The number of pyridine rings is 1. The first-order valence-corrected chi connectivity index (χ1v) is 6.78. The van der Waals surface area contributed by atoms with E-state index < -0.39 is 0 Å². The summed E-state index contributed by atoms with van der Waals surface area (Å²) in [5, 5.41) is 17.2. The standard InChI is InChI=1S/C14H20N4O2/c1-4-10(19)5-6-15-14(20)11-7-9(2)17-13-12(11)8-16-18(13)3/h7-8,10,19H,4-6H2,1-3H3,(H,15,20). The third kappa shape index (κ3) is 2.96. The van der Waals surface area contributed by atoms with Crippen LogP contribution in [0, 0.1) is 6.92 Å². The van der Waals surface area contributed by atoms with Crippen molar-refractivity contribution in [3.8, 4) is 0 Å². The van der Waals surface area contributed by atoms with Gasteiger partial charge in [0.2, 0.25) is 0 Å². The number of rotatable bonds is 5. The van der Waals surface area contributed by atoms with Crippen molar-refractivity contribution in [1.29, 1.82) is 0 Å². The highest BCUT2D eigenvalue weighted by atomic mass is 16.3. The second kappa shape index (κ2) is 6.00. The fraction of sp³-hybridized carbons (Fsp3) is 0.500. The van der Waals surface area contributed by atoms with Gasteiger partial charge < -0.3 is 10.4 Å². The minimum absolute atomic E-state index is 0.156. The fourth-order valence-corrected chi connectivity index (χ4v) is 2.08.